The van der Waals surface area contributed by atoms with Crippen LogP contribution < -0.4 is 10.1 Å². The van der Waals surface area contributed by atoms with Crippen LogP contribution in [-0.2, 0) is 21.3 Å². The van der Waals surface area contributed by atoms with Gasteiger partial charge in [-0.2, -0.15) is 0 Å². The van der Waals surface area contributed by atoms with E-state index in [1.54, 1.807) is 49.4 Å². The van der Waals surface area contributed by atoms with Gasteiger partial charge in [0.05, 0.1) is 18.6 Å². The second-order valence-corrected chi connectivity index (χ2v) is 6.71. The first-order chi connectivity index (χ1) is 11.0. The van der Waals surface area contributed by atoms with Crippen LogP contribution in [0.3, 0.4) is 0 Å². The molecular weight excluding hydrogens is 317 g/mol. The van der Waals surface area contributed by atoms with Crippen LogP contribution >= 0.6 is 0 Å². The Bertz CT molecular complexity index is 720. The number of ether oxygens (including phenoxy) is 1. The van der Waals surface area contributed by atoms with Crippen LogP contribution in [0.15, 0.2) is 48.5 Å². The molecule has 0 aliphatic heterocycles. The molecule has 0 radical (unpaired) electrons. The molecule has 6 heteroatoms. The summed E-state index contributed by atoms with van der Waals surface area (Å²) < 4.78 is 31.1. The fourth-order valence-corrected chi connectivity index (χ4v) is 3.08. The Hall–Kier alpha value is -2.21. The Morgan fingerprint density at radius 3 is 2.57 bits per heavy atom. The highest BCUT2D eigenvalue weighted by Gasteiger charge is 2.22. The quantitative estimate of drug-likeness (QED) is 0.882. The summed E-state index contributed by atoms with van der Waals surface area (Å²) in [5, 5.41) is 1.91. The van der Waals surface area contributed by atoms with E-state index in [1.165, 1.54) is 13.2 Å². The molecule has 0 aliphatic carbocycles. The molecule has 0 fully saturated rings. The molecule has 2 atom stereocenters. The maximum absolute atomic E-state index is 13.6. The van der Waals surface area contributed by atoms with Gasteiger partial charge < -0.3 is 10.1 Å². The Kier molecular flexibility index (Phi) is 5.87. The highest BCUT2D eigenvalue weighted by molar-refractivity contribution is 7.85. The van der Waals surface area contributed by atoms with Crippen LogP contribution in [-0.4, -0.2) is 22.5 Å². The van der Waals surface area contributed by atoms with E-state index in [2.05, 4.69) is 5.32 Å². The Balaban J connectivity index is 2.04. The number of halogens is 1. The number of anilines is 1. The van der Waals surface area contributed by atoms with E-state index >= 15 is 0 Å². The number of hydrogen-bond donors (Lipinski definition) is 1. The van der Waals surface area contributed by atoms with Gasteiger partial charge in [0.1, 0.15) is 16.8 Å². The van der Waals surface area contributed by atoms with Gasteiger partial charge in [-0.1, -0.05) is 30.3 Å². The molecule has 2 rings (SSSR count). The zero-order chi connectivity index (χ0) is 16.8. The van der Waals surface area contributed by atoms with Crippen molar-refractivity contribution in [2.45, 2.75) is 17.9 Å². The minimum atomic E-state index is -1.53. The van der Waals surface area contributed by atoms with Crippen molar-refractivity contribution in [3.05, 3.63) is 59.9 Å². The minimum absolute atomic E-state index is 0.00676. The van der Waals surface area contributed by atoms with Gasteiger partial charge in [0.2, 0.25) is 5.91 Å². The number of hydrogen-bond acceptors (Lipinski definition) is 3. The van der Waals surface area contributed by atoms with Crippen molar-refractivity contribution in [1.29, 1.82) is 0 Å². The van der Waals surface area contributed by atoms with Gasteiger partial charge in [-0.25, -0.2) is 4.39 Å². The molecule has 1 N–H and O–H groups in total. The molecule has 1 amide bonds. The number of methoxy groups -OCH3 is 1. The van der Waals surface area contributed by atoms with Crippen molar-refractivity contribution in [2.75, 3.05) is 12.4 Å². The van der Waals surface area contributed by atoms with Gasteiger partial charge in [0.25, 0.3) is 0 Å². The lowest BCUT2D eigenvalue weighted by Crippen LogP contribution is -2.30. The molecule has 23 heavy (non-hydrogen) atoms. The van der Waals surface area contributed by atoms with E-state index in [1.807, 2.05) is 0 Å². The third-order valence-electron chi connectivity index (χ3n) is 3.38. The summed E-state index contributed by atoms with van der Waals surface area (Å²) in [5.41, 5.74) is 0.845. The van der Waals surface area contributed by atoms with Crippen molar-refractivity contribution in [3.63, 3.8) is 0 Å². The van der Waals surface area contributed by atoms with E-state index in [0.717, 1.165) is 0 Å². The van der Waals surface area contributed by atoms with Crippen LogP contribution in [0.1, 0.15) is 12.5 Å². The monoisotopic (exact) mass is 335 g/mol. The first kappa shape index (κ1) is 17.1. The molecule has 0 bridgehead atoms. The third-order valence-corrected chi connectivity index (χ3v) is 4.98. The molecule has 2 unspecified atom stereocenters. The zero-order valence-corrected chi connectivity index (χ0v) is 13.7. The highest BCUT2D eigenvalue weighted by atomic mass is 32.2. The molecule has 2 aromatic carbocycles. The first-order valence-electron chi connectivity index (χ1n) is 7.07. The standard InChI is InChI=1S/C17H18FNO3S/c1-12(23(21)11-13-7-3-4-8-14(13)18)17(20)19-15-9-5-6-10-16(15)22-2/h3-10,12H,11H2,1-2H3,(H,19,20). The summed E-state index contributed by atoms with van der Waals surface area (Å²) in [4.78, 5) is 12.2. The molecule has 0 saturated carbocycles. The molecule has 0 spiro atoms. The summed E-state index contributed by atoms with van der Waals surface area (Å²) >= 11 is 0. The topological polar surface area (TPSA) is 55.4 Å². The Morgan fingerprint density at radius 2 is 1.87 bits per heavy atom. The highest BCUT2D eigenvalue weighted by Crippen LogP contribution is 2.23. The Labute approximate surface area is 137 Å². The summed E-state index contributed by atoms with van der Waals surface area (Å²) in [5.74, 6) is -0.303. The number of rotatable bonds is 6. The third kappa shape index (κ3) is 4.39. The predicted octanol–water partition coefficient (Wildman–Crippen LogP) is 3.11. The second kappa shape index (κ2) is 7.87. The van der Waals surface area contributed by atoms with Crippen LogP contribution in [0, 0.1) is 5.82 Å². The van der Waals surface area contributed by atoms with Crippen molar-refractivity contribution in [2.24, 2.45) is 0 Å². The van der Waals surface area contributed by atoms with Crippen LogP contribution in [0.4, 0.5) is 10.1 Å². The van der Waals surface area contributed by atoms with Gasteiger partial charge in [-0.15, -0.1) is 0 Å². The van der Waals surface area contributed by atoms with E-state index in [4.69, 9.17) is 4.74 Å². The maximum Gasteiger partial charge on any atom is 0.239 e. The van der Waals surface area contributed by atoms with Crippen molar-refractivity contribution in [1.82, 2.24) is 0 Å². The summed E-state index contributed by atoms with van der Waals surface area (Å²) in [6, 6.07) is 13.1. The molecule has 0 saturated heterocycles. The van der Waals surface area contributed by atoms with E-state index < -0.39 is 27.8 Å². The van der Waals surface area contributed by atoms with Crippen LogP contribution in [0.25, 0.3) is 0 Å². The van der Waals surface area contributed by atoms with Gasteiger partial charge in [-0.05, 0) is 25.1 Å². The minimum Gasteiger partial charge on any atom is -0.495 e. The number of nitrogens with one attached hydrogen (secondary N) is 1. The SMILES string of the molecule is COc1ccccc1NC(=O)C(C)S(=O)Cc1ccccc1F. The van der Waals surface area contributed by atoms with Gasteiger partial charge in [-0.3, -0.25) is 9.00 Å². The van der Waals surface area contributed by atoms with E-state index in [-0.39, 0.29) is 5.75 Å². The van der Waals surface area contributed by atoms with E-state index in [9.17, 15) is 13.4 Å². The van der Waals surface area contributed by atoms with Crippen molar-refractivity contribution >= 4 is 22.4 Å². The zero-order valence-electron chi connectivity index (χ0n) is 12.9. The number of benzene rings is 2. The molecular formula is C17H18FNO3S. The van der Waals surface area contributed by atoms with Crippen LogP contribution in [0.5, 0.6) is 5.75 Å². The lowest BCUT2D eigenvalue weighted by atomic mass is 10.2. The number of carbonyl (C=O) groups excluding carboxylic acids is 1. The smallest absolute Gasteiger partial charge is 0.239 e. The second-order valence-electron chi connectivity index (χ2n) is 4.95. The van der Waals surface area contributed by atoms with Gasteiger partial charge in [0, 0.05) is 16.4 Å². The Morgan fingerprint density at radius 1 is 1.22 bits per heavy atom. The number of para-hydroxylation sites is 2. The normalized spacial score (nSPS) is 13.2. The average Bonchev–Trinajstić information content (AvgIpc) is 2.56. The predicted molar refractivity (Wildman–Crippen MR) is 89.3 cm³/mol. The number of amides is 1. The van der Waals surface area contributed by atoms with Gasteiger partial charge in [0.15, 0.2) is 0 Å². The fourth-order valence-electron chi connectivity index (χ4n) is 2.00. The average molecular weight is 335 g/mol. The van der Waals surface area contributed by atoms with Crippen molar-refractivity contribution in [3.8, 4) is 5.75 Å². The largest absolute Gasteiger partial charge is 0.495 e. The first-order valence-corrected chi connectivity index (χ1v) is 8.45. The molecule has 0 aliphatic rings. The molecule has 0 heterocycles. The molecule has 2 aromatic rings. The maximum atomic E-state index is 13.6. The molecule has 122 valence electrons. The lowest BCUT2D eigenvalue weighted by molar-refractivity contribution is -0.115. The summed E-state index contributed by atoms with van der Waals surface area (Å²) in [6.07, 6.45) is 0. The van der Waals surface area contributed by atoms with Crippen molar-refractivity contribution < 1.29 is 18.1 Å². The van der Waals surface area contributed by atoms with Gasteiger partial charge >= 0.3 is 0 Å². The van der Waals surface area contributed by atoms with Crippen LogP contribution in [0.2, 0.25) is 0 Å². The summed E-state index contributed by atoms with van der Waals surface area (Å²) in [7, 11) is -0.0265. The summed E-state index contributed by atoms with van der Waals surface area (Å²) in [6.45, 7) is 1.56. The lowest BCUT2D eigenvalue weighted by Gasteiger charge is -2.14. The molecule has 0 aromatic heterocycles. The number of carbonyl (C=O) groups is 1. The fraction of sp³-hybridized carbons (Fsp3) is 0.235. The molecule has 4 nitrogen and oxygen atoms in total. The van der Waals surface area contributed by atoms with E-state index in [0.29, 0.717) is 17.0 Å².